The Labute approximate surface area is 491 Å². The molecule has 3 aromatic heterocycles. The van der Waals surface area contributed by atoms with Crippen LogP contribution in [0.1, 0.15) is 105 Å². The first-order valence-electron chi connectivity index (χ1n) is 29.7. The van der Waals surface area contributed by atoms with Gasteiger partial charge in [0.2, 0.25) is 0 Å². The molecule has 0 bridgehead atoms. The van der Waals surface area contributed by atoms with Crippen molar-refractivity contribution in [2.75, 3.05) is 0 Å². The van der Waals surface area contributed by atoms with E-state index < -0.39 is 0 Å². The van der Waals surface area contributed by atoms with Crippen molar-refractivity contribution in [3.63, 3.8) is 0 Å². The van der Waals surface area contributed by atoms with Gasteiger partial charge in [-0.25, -0.2) is 0 Å². The molecule has 83 heavy (non-hydrogen) atoms. The quantitative estimate of drug-likeness (QED) is 0.155. The first-order valence-corrected chi connectivity index (χ1v) is 30.6. The van der Waals surface area contributed by atoms with Gasteiger partial charge in [-0.15, -0.1) is 11.3 Å². The van der Waals surface area contributed by atoms with Gasteiger partial charge in [0, 0.05) is 68.8 Å². The van der Waals surface area contributed by atoms with E-state index in [9.17, 15) is 0 Å². The number of fused-ring (bicyclic) bond motifs is 13. The maximum atomic E-state index is 2.58. The summed E-state index contributed by atoms with van der Waals surface area (Å²) in [6.07, 6.45) is 0. The summed E-state index contributed by atoms with van der Waals surface area (Å²) in [5, 5.41) is 17.7. The first-order chi connectivity index (χ1) is 39.7. The van der Waals surface area contributed by atoms with Gasteiger partial charge >= 0.3 is 0 Å². The molecular weight excluding hydrogens is 1020 g/mol. The highest BCUT2D eigenvalue weighted by Gasteiger charge is 2.28. The van der Waals surface area contributed by atoms with E-state index in [2.05, 4.69) is 298 Å². The predicted octanol–water partition coefficient (Wildman–Crippen LogP) is 23.4. The topological polar surface area (TPSA) is 9.86 Å². The lowest BCUT2D eigenvalue weighted by atomic mass is 9.85. The first kappa shape index (κ1) is 51.4. The summed E-state index contributed by atoms with van der Waals surface area (Å²) < 4.78 is 7.75. The molecule has 0 amide bonds. The van der Waals surface area contributed by atoms with Crippen LogP contribution in [0, 0.1) is 0 Å². The molecule has 2 nitrogen and oxygen atoms in total. The fourth-order valence-electron chi connectivity index (χ4n) is 13.9. The summed E-state index contributed by atoms with van der Waals surface area (Å²) in [6, 6.07) is 79.7. The molecule has 0 saturated heterocycles. The van der Waals surface area contributed by atoms with Gasteiger partial charge in [0.25, 0.3) is 0 Å². The zero-order chi connectivity index (χ0) is 57.2. The highest BCUT2D eigenvalue weighted by atomic mass is 32.1. The van der Waals surface area contributed by atoms with Gasteiger partial charge in [0.15, 0.2) is 0 Å². The Bertz CT molecular complexity index is 4980. The minimum atomic E-state index is 0.00790. The molecule has 0 fully saturated rings. The predicted molar refractivity (Wildman–Crippen MR) is 364 cm³/mol. The van der Waals surface area contributed by atoms with E-state index in [4.69, 9.17) is 0 Å². The molecule has 0 spiro atoms. The van der Waals surface area contributed by atoms with Gasteiger partial charge < -0.3 is 9.13 Å². The smallest absolute Gasteiger partial charge is 0.0619 e. The van der Waals surface area contributed by atoms with E-state index in [1.165, 1.54) is 163 Å². The van der Waals surface area contributed by atoms with Crippen LogP contribution in [0.5, 0.6) is 0 Å². The van der Waals surface area contributed by atoms with Gasteiger partial charge in [-0.1, -0.05) is 235 Å². The van der Waals surface area contributed by atoms with E-state index >= 15 is 0 Å². The lowest BCUT2D eigenvalue weighted by molar-refractivity contribution is 0.590. The standard InChI is InChI=1S/C80H70N2S/c1-77(2,3)47-35-39-66-62(43-47)63-44-48(78(4,5)6)36-40-67(63)81(66)74-55-27-17-13-23-51(55)71(52-24-14-18-28-56(52)74)59-31-22-34-70-73(59)61-33-21-32-60(76(61)83-70)72-53-25-15-19-29-57(53)75(58-30-20-16-26-54(58)72)82-68-41-37-49(79(7,8)9)45-64(68)65-46-50(80(10,11)12)38-42-69(65)82/h13-46H,1-12H3. The maximum Gasteiger partial charge on any atom is 0.0619 e. The van der Waals surface area contributed by atoms with Gasteiger partial charge in [-0.2, -0.15) is 0 Å². The number of nitrogens with zero attached hydrogens (tertiary/aromatic N) is 2. The molecule has 3 heteroatoms. The van der Waals surface area contributed by atoms with Crippen LogP contribution in [0.25, 0.3) is 141 Å². The Balaban J connectivity index is 0.983. The molecule has 15 rings (SSSR count). The van der Waals surface area contributed by atoms with Crippen LogP contribution < -0.4 is 0 Å². The number of aromatic nitrogens is 2. The molecule has 3 heterocycles. The minimum Gasteiger partial charge on any atom is -0.308 e. The molecular formula is C80H70N2S. The third-order valence-corrected chi connectivity index (χ3v) is 19.5. The summed E-state index contributed by atoms with van der Waals surface area (Å²) >= 11 is 1.93. The number of rotatable bonds is 4. The second-order valence-electron chi connectivity index (χ2n) is 27.7. The highest BCUT2D eigenvalue weighted by molar-refractivity contribution is 7.26. The second kappa shape index (κ2) is 18.0. The summed E-state index contributed by atoms with van der Waals surface area (Å²) in [7, 11) is 0. The SMILES string of the molecule is CC(C)(C)c1ccc2c(c1)c1cc(C(C)(C)C)ccc1n2-c1c2ccccc2c(-c2cccc3c2sc2cccc(-c4c5ccccc5c(-n5c6ccc(C(C)(C)C)cc6c6cc(C(C)(C)C)ccc65)c5ccccc45)c23)c2ccccc12. The fraction of sp³-hybridized carbons (Fsp3) is 0.200. The van der Waals surface area contributed by atoms with Gasteiger partial charge in [0.05, 0.1) is 33.4 Å². The zero-order valence-corrected chi connectivity index (χ0v) is 50.7. The summed E-state index contributed by atoms with van der Waals surface area (Å²) in [5.41, 5.74) is 17.9. The normalized spacial score (nSPS) is 13.1. The van der Waals surface area contributed by atoms with E-state index in [-0.39, 0.29) is 21.7 Å². The molecule has 0 saturated carbocycles. The average molecular weight is 1090 g/mol. The molecule has 0 atom stereocenters. The van der Waals surface area contributed by atoms with Crippen molar-refractivity contribution in [3.05, 3.63) is 229 Å². The molecule has 406 valence electrons. The molecule has 12 aromatic carbocycles. The van der Waals surface area contributed by atoms with E-state index in [0.717, 1.165) is 0 Å². The number of benzene rings is 12. The summed E-state index contributed by atoms with van der Waals surface area (Å²) in [6.45, 7) is 27.9. The minimum absolute atomic E-state index is 0.00790. The third-order valence-electron chi connectivity index (χ3n) is 18.3. The number of hydrogen-bond donors (Lipinski definition) is 0. The molecule has 0 aliphatic carbocycles. The second-order valence-corrected chi connectivity index (χ2v) is 28.7. The van der Waals surface area contributed by atoms with E-state index in [0.29, 0.717) is 0 Å². The molecule has 0 radical (unpaired) electrons. The van der Waals surface area contributed by atoms with Crippen LogP contribution in [-0.4, -0.2) is 9.13 Å². The largest absolute Gasteiger partial charge is 0.308 e. The van der Waals surface area contributed by atoms with Crippen LogP contribution in [0.4, 0.5) is 0 Å². The summed E-state index contributed by atoms with van der Waals surface area (Å²) in [4.78, 5) is 0. The van der Waals surface area contributed by atoms with Gasteiger partial charge in [-0.3, -0.25) is 0 Å². The lowest BCUT2D eigenvalue weighted by Gasteiger charge is -2.21. The number of hydrogen-bond acceptors (Lipinski definition) is 1. The van der Waals surface area contributed by atoms with Gasteiger partial charge in [-0.05, 0) is 137 Å². The van der Waals surface area contributed by atoms with Crippen molar-refractivity contribution in [2.45, 2.75) is 105 Å². The Hall–Kier alpha value is -8.50. The van der Waals surface area contributed by atoms with Crippen molar-refractivity contribution >= 4 is 118 Å². The summed E-state index contributed by atoms with van der Waals surface area (Å²) in [5.74, 6) is 0. The highest BCUT2D eigenvalue weighted by Crippen LogP contribution is 2.52. The Morgan fingerprint density at radius 3 is 0.892 bits per heavy atom. The molecule has 0 aliphatic rings. The van der Waals surface area contributed by atoms with E-state index in [1.54, 1.807) is 0 Å². The Morgan fingerprint density at radius 1 is 0.265 bits per heavy atom. The Kier molecular flexibility index (Phi) is 11.1. The molecule has 15 aromatic rings. The monoisotopic (exact) mass is 1090 g/mol. The van der Waals surface area contributed by atoms with Crippen molar-refractivity contribution < 1.29 is 0 Å². The van der Waals surface area contributed by atoms with Gasteiger partial charge in [0.1, 0.15) is 0 Å². The molecule has 0 N–H and O–H groups in total. The third kappa shape index (κ3) is 7.80. The van der Waals surface area contributed by atoms with Crippen molar-refractivity contribution in [2.24, 2.45) is 0 Å². The fourth-order valence-corrected chi connectivity index (χ4v) is 15.2. The van der Waals surface area contributed by atoms with Crippen LogP contribution in [0.2, 0.25) is 0 Å². The van der Waals surface area contributed by atoms with E-state index in [1.807, 2.05) is 11.3 Å². The maximum absolute atomic E-state index is 2.58. The average Bonchev–Trinajstić information content (AvgIpc) is 2.08. The molecule has 0 aliphatic heterocycles. The number of thiophene rings is 1. The zero-order valence-electron chi connectivity index (χ0n) is 49.9. The van der Waals surface area contributed by atoms with Crippen molar-refractivity contribution in [1.82, 2.24) is 9.13 Å². The van der Waals surface area contributed by atoms with Crippen molar-refractivity contribution in [1.29, 1.82) is 0 Å². The van der Waals surface area contributed by atoms with Crippen LogP contribution in [-0.2, 0) is 21.7 Å². The lowest BCUT2D eigenvalue weighted by Crippen LogP contribution is -2.10. The van der Waals surface area contributed by atoms with Crippen LogP contribution in [0.15, 0.2) is 206 Å². The van der Waals surface area contributed by atoms with Crippen LogP contribution in [0.3, 0.4) is 0 Å². The van der Waals surface area contributed by atoms with Crippen molar-refractivity contribution in [3.8, 4) is 33.6 Å². The Morgan fingerprint density at radius 2 is 0.554 bits per heavy atom. The van der Waals surface area contributed by atoms with Crippen LogP contribution >= 0.6 is 11.3 Å². The molecule has 0 unspecified atom stereocenters.